The summed E-state index contributed by atoms with van der Waals surface area (Å²) in [4.78, 5) is 23.8. The Morgan fingerprint density at radius 3 is 1.45 bits per heavy atom. The maximum absolute atomic E-state index is 13.1. The smallest absolute Gasteiger partial charge is 0.465 e. The van der Waals surface area contributed by atoms with Crippen molar-refractivity contribution in [3.8, 4) is 0 Å². The number of alkyl halides is 6. The molecule has 0 spiro atoms. The zero-order chi connectivity index (χ0) is 62.2. The third-order valence-corrected chi connectivity index (χ3v) is 16.7. The van der Waals surface area contributed by atoms with E-state index >= 15 is 0 Å². The Bertz CT molecular complexity index is 2960. The van der Waals surface area contributed by atoms with Crippen molar-refractivity contribution in [2.45, 2.75) is 171 Å². The fourth-order valence-electron chi connectivity index (χ4n) is 8.18. The molecule has 28 heteroatoms. The van der Waals surface area contributed by atoms with E-state index in [2.05, 4.69) is 34.7 Å². The van der Waals surface area contributed by atoms with Crippen LogP contribution in [-0.4, -0.2) is 113 Å². The van der Waals surface area contributed by atoms with Gasteiger partial charge in [0.2, 0.25) is 0 Å². The quantitative estimate of drug-likeness (QED) is 0.0134. The van der Waals surface area contributed by atoms with Gasteiger partial charge in [0.1, 0.15) is 11.5 Å². The van der Waals surface area contributed by atoms with E-state index < -0.39 is 111 Å². The fourth-order valence-corrected chi connectivity index (χ4v) is 11.0. The first kappa shape index (κ1) is 71.4. The van der Waals surface area contributed by atoms with E-state index in [1.807, 2.05) is 0 Å². The number of allylic oxidation sites excluding steroid dienone is 2. The van der Waals surface area contributed by atoms with Crippen LogP contribution < -0.4 is 0 Å². The molecule has 4 rings (SSSR count). The largest absolute Gasteiger partial charge is 0.534 e. The summed E-state index contributed by atoms with van der Waals surface area (Å²) in [5, 5.41) is 0. The van der Waals surface area contributed by atoms with Crippen LogP contribution in [0.4, 0.5) is 26.3 Å². The second-order valence-corrected chi connectivity index (χ2v) is 27.4. The lowest BCUT2D eigenvalue weighted by molar-refractivity contribution is -0.153. The topological polar surface area (TPSA) is 245 Å². The van der Waals surface area contributed by atoms with Crippen LogP contribution in [0.5, 0.6) is 0 Å². The van der Waals surface area contributed by atoms with Crippen LogP contribution in [0, 0.1) is 24.2 Å². The van der Waals surface area contributed by atoms with Gasteiger partial charge >= 0.3 is 43.2 Å². The minimum Gasteiger partial charge on any atom is -0.465 e. The molecule has 0 aliphatic carbocycles. The molecule has 464 valence electrons. The predicted molar refractivity (Wildman–Crippen MR) is 290 cm³/mol. The normalized spacial score (nSPS) is 19.7. The van der Waals surface area contributed by atoms with E-state index in [-0.39, 0.29) is 68.4 Å². The van der Waals surface area contributed by atoms with Gasteiger partial charge in [-0.25, -0.2) is 4.79 Å². The number of carbonyl (C=O) groups is 2. The van der Waals surface area contributed by atoms with Crippen molar-refractivity contribution < 1.29 is 105 Å². The van der Waals surface area contributed by atoms with E-state index in [9.17, 15) is 69.6 Å². The summed E-state index contributed by atoms with van der Waals surface area (Å²) in [5.74, 6) is -4.11. The van der Waals surface area contributed by atoms with Crippen molar-refractivity contribution >= 4 is 52.4 Å². The Morgan fingerprint density at radius 1 is 0.634 bits per heavy atom. The molecule has 82 heavy (non-hydrogen) atoms. The summed E-state index contributed by atoms with van der Waals surface area (Å²) in [7, 11) is -20.1. The van der Waals surface area contributed by atoms with Crippen molar-refractivity contribution in [2.24, 2.45) is 17.3 Å². The number of ether oxygens (including phenoxy) is 4. The number of aryl methyl sites for hydroxylation is 1. The number of halogens is 6. The average Bonchev–Trinajstić information content (AvgIpc) is 4.04. The summed E-state index contributed by atoms with van der Waals surface area (Å²) in [5.41, 5.74) is -9.01. The van der Waals surface area contributed by atoms with Gasteiger partial charge in [-0.2, -0.15) is 60.0 Å². The molecule has 2 aliphatic rings. The van der Waals surface area contributed by atoms with Crippen LogP contribution in [0.3, 0.4) is 0 Å². The SMILES string of the molecule is C=C(OS(=O)(=O)C(F)(F)F)[C@H](C)C[C@@H](CC[C@@H]1O[C@@H](CCCOC(=O)C(C)(C)C)CC1=C)OS(C)(=O)=O.C=C(OS(=O)(=O)C(F)(F)F)[C@H](C)C[C@@H](CC[C@@H]1O[C@@H](CCCOC(=O)c2ccccc2)CC1=C)OS(=O)(=O)c1ccc(C)cc1. The standard InChI is InChI=1S/C31H37F3O9S2.C23H37F3O9S2/c1-21-12-15-28(16-13-21)44(36,37)43-27(19-22(2)24(4)42-45(38,39)31(32,33)34)14-17-29-23(3)20-26(41-29)11-8-18-40-30(35)25-9-6-5-7-10-25;1-15(17(3)34-37(30,31)23(24,25)26)13-19(35-36(7,28)29)10-11-20-16(2)14-18(33-20)9-8-12-32-21(27)22(4,5)6/h5-7,9-10,12-13,15-16,22,26-27,29H,3-4,8,11,14,17-20H2,1-2H3;15,18-20H,2-3,8-14H2,1,4-7H3/t22-,26+,27-,29+;15-,18+,19-,20+/m11/s1. The number of esters is 2. The molecular formula is C54H74F6O18S4. The molecule has 2 aromatic rings. The first-order chi connectivity index (χ1) is 37.6. The van der Waals surface area contributed by atoms with Gasteiger partial charge in [0.25, 0.3) is 20.2 Å². The molecule has 0 N–H and O–H groups in total. The molecule has 0 radical (unpaired) electrons. The van der Waals surface area contributed by atoms with Crippen LogP contribution >= 0.6 is 0 Å². The van der Waals surface area contributed by atoms with Crippen molar-refractivity contribution in [1.29, 1.82) is 0 Å². The average molecular weight is 1250 g/mol. The molecule has 0 bridgehead atoms. The molecule has 0 amide bonds. The van der Waals surface area contributed by atoms with Crippen LogP contribution in [0.1, 0.15) is 128 Å². The third kappa shape index (κ3) is 24.0. The molecule has 2 saturated heterocycles. The second-order valence-electron chi connectivity index (χ2n) is 21.1. The van der Waals surface area contributed by atoms with Gasteiger partial charge in [-0.1, -0.05) is 76.1 Å². The highest BCUT2D eigenvalue weighted by Gasteiger charge is 2.50. The Morgan fingerprint density at radius 2 is 1.05 bits per heavy atom. The molecule has 2 aliphatic heterocycles. The number of hydrogen-bond donors (Lipinski definition) is 0. The molecule has 0 saturated carbocycles. The lowest BCUT2D eigenvalue weighted by atomic mass is 9.96. The van der Waals surface area contributed by atoms with E-state index in [1.54, 1.807) is 70.2 Å². The highest BCUT2D eigenvalue weighted by Crippen LogP contribution is 2.36. The minimum absolute atomic E-state index is 0.0832. The van der Waals surface area contributed by atoms with Gasteiger partial charge in [0.05, 0.1) is 72.0 Å². The van der Waals surface area contributed by atoms with Crippen molar-refractivity contribution in [1.82, 2.24) is 0 Å². The molecule has 0 aromatic heterocycles. The highest BCUT2D eigenvalue weighted by atomic mass is 32.2. The van der Waals surface area contributed by atoms with Crippen LogP contribution in [0.25, 0.3) is 0 Å². The zero-order valence-corrected chi connectivity index (χ0v) is 50.1. The number of carbonyl (C=O) groups excluding carboxylic acids is 2. The monoisotopic (exact) mass is 1250 g/mol. The molecule has 2 heterocycles. The summed E-state index contributed by atoms with van der Waals surface area (Å²) in [6, 6.07) is 14.5. The summed E-state index contributed by atoms with van der Waals surface area (Å²) >= 11 is 0. The van der Waals surface area contributed by atoms with E-state index in [0.717, 1.165) is 23.0 Å². The summed E-state index contributed by atoms with van der Waals surface area (Å²) in [6.45, 7) is 24.9. The van der Waals surface area contributed by atoms with Gasteiger partial charge < -0.3 is 27.3 Å². The predicted octanol–water partition coefficient (Wildman–Crippen LogP) is 11.2. The van der Waals surface area contributed by atoms with Gasteiger partial charge in [-0.15, -0.1) is 0 Å². The minimum atomic E-state index is -5.95. The molecule has 18 nitrogen and oxygen atoms in total. The van der Waals surface area contributed by atoms with Gasteiger partial charge in [-0.3, -0.25) is 13.2 Å². The summed E-state index contributed by atoms with van der Waals surface area (Å²) in [6.07, 6.45) is 1.43. The Balaban J connectivity index is 0.000000439. The number of rotatable bonds is 30. The van der Waals surface area contributed by atoms with Crippen molar-refractivity contribution in [2.75, 3.05) is 19.5 Å². The van der Waals surface area contributed by atoms with Crippen LogP contribution in [0.15, 0.2) is 108 Å². The fraction of sp³-hybridized carbons (Fsp3) is 0.593. The molecule has 2 aromatic carbocycles. The Hall–Kier alpha value is -4.84. The van der Waals surface area contributed by atoms with Crippen molar-refractivity contribution in [3.63, 3.8) is 0 Å². The molecule has 2 fully saturated rings. The van der Waals surface area contributed by atoms with Crippen molar-refractivity contribution in [3.05, 3.63) is 115 Å². The molecule has 8 atom stereocenters. The van der Waals surface area contributed by atoms with Crippen LogP contribution in [-0.2, 0) is 80.9 Å². The highest BCUT2D eigenvalue weighted by molar-refractivity contribution is 7.88. The van der Waals surface area contributed by atoms with Crippen LogP contribution in [0.2, 0.25) is 0 Å². The van der Waals surface area contributed by atoms with Gasteiger partial charge in [-0.05, 0) is 140 Å². The first-order valence-electron chi connectivity index (χ1n) is 25.9. The Kier molecular flexibility index (Phi) is 26.4. The lowest BCUT2D eigenvalue weighted by Gasteiger charge is -2.24. The molecular weight excluding hydrogens is 1180 g/mol. The molecule has 0 unspecified atom stereocenters. The maximum atomic E-state index is 13.1. The Labute approximate surface area is 478 Å². The van der Waals surface area contributed by atoms with E-state index in [1.165, 1.54) is 26.0 Å². The van der Waals surface area contributed by atoms with E-state index in [4.69, 9.17) is 27.3 Å². The second kappa shape index (κ2) is 30.3. The lowest BCUT2D eigenvalue weighted by Crippen LogP contribution is -2.28. The number of benzene rings is 2. The third-order valence-electron chi connectivity index (χ3n) is 12.8. The summed E-state index contributed by atoms with van der Waals surface area (Å²) < 4.78 is 213. The first-order valence-corrected chi connectivity index (χ1v) is 32.0. The maximum Gasteiger partial charge on any atom is 0.534 e. The van der Waals surface area contributed by atoms with Gasteiger partial charge in [0.15, 0.2) is 0 Å². The van der Waals surface area contributed by atoms with E-state index in [0.29, 0.717) is 50.5 Å². The number of hydrogen-bond acceptors (Lipinski definition) is 18. The van der Waals surface area contributed by atoms with Gasteiger partial charge in [0, 0.05) is 11.8 Å². The zero-order valence-electron chi connectivity index (χ0n) is 46.8.